The number of carbonyl (C=O) groups is 1. The lowest BCUT2D eigenvalue weighted by atomic mass is 9.82. The number of hydrazone groups is 1. The van der Waals surface area contributed by atoms with Gasteiger partial charge in [0, 0.05) is 27.0 Å². The van der Waals surface area contributed by atoms with Crippen molar-refractivity contribution in [1.82, 2.24) is 0 Å². The third-order valence-electron chi connectivity index (χ3n) is 6.52. The van der Waals surface area contributed by atoms with E-state index in [1.54, 1.807) is 18.7 Å². The molecule has 2 heterocycles. The van der Waals surface area contributed by atoms with Crippen LogP contribution in [0.1, 0.15) is 29.2 Å². The first-order valence-corrected chi connectivity index (χ1v) is 14.7. The molecule has 0 unspecified atom stereocenters. The summed E-state index contributed by atoms with van der Waals surface area (Å²) in [6.45, 7) is 1.57. The van der Waals surface area contributed by atoms with Crippen LogP contribution in [0.15, 0.2) is 107 Å². The molecule has 0 fully saturated rings. The SMILES string of the molecule is CC(=O)C1=NN(c2ccc(Br)cc2)[C@]2(S1)SC(c1ccc(Cl)cc1)(c1ccc(Cl)cc1)c1ccccc12. The average molecular weight is 626 g/mol. The Bertz CT molecular complexity index is 1500. The summed E-state index contributed by atoms with van der Waals surface area (Å²) >= 11 is 19.5. The Morgan fingerprint density at radius 3 is 1.89 bits per heavy atom. The fourth-order valence-corrected chi connectivity index (χ4v) is 8.96. The van der Waals surface area contributed by atoms with Gasteiger partial charge in [-0.25, -0.2) is 5.01 Å². The number of fused-ring (bicyclic) bond motifs is 2. The first kappa shape index (κ1) is 25.1. The maximum absolute atomic E-state index is 12.7. The topological polar surface area (TPSA) is 32.7 Å². The van der Waals surface area contributed by atoms with E-state index in [4.69, 9.17) is 28.3 Å². The lowest BCUT2D eigenvalue weighted by molar-refractivity contribution is -0.110. The molecule has 0 saturated carbocycles. The van der Waals surface area contributed by atoms with Crippen molar-refractivity contribution in [3.8, 4) is 0 Å². The highest BCUT2D eigenvalue weighted by Crippen LogP contribution is 2.70. The van der Waals surface area contributed by atoms with Gasteiger partial charge >= 0.3 is 0 Å². The Morgan fingerprint density at radius 2 is 1.35 bits per heavy atom. The third kappa shape index (κ3) is 4.05. The van der Waals surface area contributed by atoms with Crippen molar-refractivity contribution in [2.45, 2.75) is 15.9 Å². The zero-order valence-electron chi connectivity index (χ0n) is 19.5. The van der Waals surface area contributed by atoms with Crippen molar-refractivity contribution in [3.05, 3.63) is 134 Å². The fraction of sp³-hybridized carbons (Fsp3) is 0.103. The van der Waals surface area contributed by atoms with Gasteiger partial charge in [0.15, 0.2) is 15.0 Å². The number of halogens is 3. The number of anilines is 1. The Morgan fingerprint density at radius 1 is 0.811 bits per heavy atom. The molecule has 0 aromatic heterocycles. The number of carbonyl (C=O) groups excluding carboxylic acids is 1. The van der Waals surface area contributed by atoms with Crippen LogP contribution >= 0.6 is 62.7 Å². The van der Waals surface area contributed by atoms with E-state index in [0.717, 1.165) is 32.4 Å². The van der Waals surface area contributed by atoms with Crippen LogP contribution in [-0.4, -0.2) is 10.8 Å². The van der Waals surface area contributed by atoms with Gasteiger partial charge in [-0.15, -0.1) is 0 Å². The second kappa shape index (κ2) is 9.51. The van der Waals surface area contributed by atoms with E-state index in [2.05, 4.69) is 58.4 Å². The predicted octanol–water partition coefficient (Wildman–Crippen LogP) is 9.06. The standard InChI is InChI=1S/C29H19BrCl2N2OS2/c1-18(35)27-33-34(24-16-10-21(30)11-17-24)29(36-27)26-5-3-2-4-25(26)28(37-29,19-6-12-22(31)13-7-19)20-8-14-23(32)15-9-20/h2-17H,1H3/t29-/m1/s1. The second-order valence-electron chi connectivity index (χ2n) is 8.78. The summed E-state index contributed by atoms with van der Waals surface area (Å²) in [7, 11) is 0. The molecule has 184 valence electrons. The Labute approximate surface area is 242 Å². The largest absolute Gasteiger partial charge is 0.292 e. The van der Waals surface area contributed by atoms with E-state index in [1.165, 1.54) is 11.8 Å². The molecule has 0 radical (unpaired) electrons. The van der Waals surface area contributed by atoms with Crippen LogP contribution in [0.3, 0.4) is 0 Å². The van der Waals surface area contributed by atoms with Crippen LogP contribution in [0.4, 0.5) is 5.69 Å². The van der Waals surface area contributed by atoms with Gasteiger partial charge in [0.05, 0.1) is 10.4 Å². The summed E-state index contributed by atoms with van der Waals surface area (Å²) in [4.78, 5) is 12.7. The maximum atomic E-state index is 12.7. The fourth-order valence-electron chi connectivity index (χ4n) is 4.88. The second-order valence-corrected chi connectivity index (χ2v) is 13.4. The van der Waals surface area contributed by atoms with Gasteiger partial charge < -0.3 is 0 Å². The molecule has 8 heteroatoms. The van der Waals surface area contributed by atoms with Gasteiger partial charge in [-0.2, -0.15) is 5.10 Å². The van der Waals surface area contributed by atoms with E-state index < -0.39 is 8.95 Å². The molecule has 1 spiro atoms. The number of rotatable bonds is 4. The number of benzene rings is 4. The molecule has 0 saturated heterocycles. The molecule has 0 amide bonds. The van der Waals surface area contributed by atoms with Crippen molar-refractivity contribution in [3.63, 3.8) is 0 Å². The third-order valence-corrected chi connectivity index (χ3v) is 10.9. The van der Waals surface area contributed by atoms with Gasteiger partial charge in [-0.1, -0.05) is 111 Å². The molecule has 4 aromatic carbocycles. The first-order valence-electron chi connectivity index (χ1n) is 11.5. The predicted molar refractivity (Wildman–Crippen MR) is 161 cm³/mol. The summed E-state index contributed by atoms with van der Waals surface area (Å²) in [5, 5.41) is 8.72. The highest BCUT2D eigenvalue weighted by molar-refractivity contribution is 9.10. The Balaban J connectivity index is 1.64. The van der Waals surface area contributed by atoms with Crippen LogP contribution in [0.5, 0.6) is 0 Å². The van der Waals surface area contributed by atoms with E-state index >= 15 is 0 Å². The van der Waals surface area contributed by atoms with Crippen LogP contribution in [0, 0.1) is 0 Å². The average Bonchev–Trinajstić information content (AvgIpc) is 3.43. The zero-order valence-corrected chi connectivity index (χ0v) is 24.2. The summed E-state index contributed by atoms with van der Waals surface area (Å²) in [5.74, 6) is -0.0578. The van der Waals surface area contributed by atoms with E-state index in [0.29, 0.717) is 15.1 Å². The molecule has 4 aromatic rings. The van der Waals surface area contributed by atoms with Crippen LogP contribution in [0.2, 0.25) is 10.0 Å². The monoisotopic (exact) mass is 624 g/mol. The summed E-state index contributed by atoms with van der Waals surface area (Å²) in [5.41, 5.74) is 5.30. The number of thioether (sulfide) groups is 2. The smallest absolute Gasteiger partial charge is 0.187 e. The zero-order chi connectivity index (χ0) is 25.8. The Hall–Kier alpha value is -2.22. The molecular weight excluding hydrogens is 607 g/mol. The number of nitrogens with zero attached hydrogens (tertiary/aromatic N) is 2. The van der Waals surface area contributed by atoms with Gasteiger partial charge in [0.25, 0.3) is 0 Å². The van der Waals surface area contributed by atoms with Crippen LogP contribution < -0.4 is 5.01 Å². The molecular formula is C29H19BrCl2N2OS2. The minimum Gasteiger partial charge on any atom is -0.292 e. The highest BCUT2D eigenvalue weighted by Gasteiger charge is 2.61. The van der Waals surface area contributed by atoms with Gasteiger partial charge in [0.1, 0.15) is 0 Å². The normalized spacial score (nSPS) is 19.7. The summed E-state index contributed by atoms with van der Waals surface area (Å²) < 4.78 is -0.345. The summed E-state index contributed by atoms with van der Waals surface area (Å²) in [6.07, 6.45) is 0. The quantitative estimate of drug-likeness (QED) is 0.226. The first-order chi connectivity index (χ1) is 17.8. The molecule has 1 atom stereocenters. The summed E-state index contributed by atoms with van der Waals surface area (Å²) in [6, 6.07) is 32.5. The van der Waals surface area contributed by atoms with Gasteiger partial charge in [0.2, 0.25) is 0 Å². The van der Waals surface area contributed by atoms with Crippen molar-refractivity contribution < 1.29 is 4.79 Å². The lowest BCUT2D eigenvalue weighted by Crippen LogP contribution is -2.34. The number of ketones is 1. The number of hydrogen-bond acceptors (Lipinski definition) is 5. The molecule has 2 aliphatic rings. The van der Waals surface area contributed by atoms with E-state index in [-0.39, 0.29) is 5.78 Å². The molecule has 0 aliphatic carbocycles. The number of Topliss-reactive ketones (excluding diaryl/α,β-unsaturated/α-hetero) is 1. The minimum atomic E-state index is -0.718. The van der Waals surface area contributed by atoms with Crippen molar-refractivity contribution in [2.24, 2.45) is 5.10 Å². The molecule has 37 heavy (non-hydrogen) atoms. The molecule has 6 rings (SSSR count). The molecule has 3 nitrogen and oxygen atoms in total. The molecule has 2 aliphatic heterocycles. The maximum Gasteiger partial charge on any atom is 0.187 e. The highest BCUT2D eigenvalue weighted by atomic mass is 79.9. The van der Waals surface area contributed by atoms with Crippen molar-refractivity contribution >= 4 is 79.2 Å². The van der Waals surface area contributed by atoms with Gasteiger partial charge in [-0.3, -0.25) is 4.79 Å². The van der Waals surface area contributed by atoms with Crippen LogP contribution in [-0.2, 0) is 13.7 Å². The Kier molecular flexibility index (Phi) is 6.45. The van der Waals surface area contributed by atoms with Crippen molar-refractivity contribution in [2.75, 3.05) is 5.01 Å². The van der Waals surface area contributed by atoms with Gasteiger partial charge in [-0.05, 0) is 65.2 Å². The van der Waals surface area contributed by atoms with E-state index in [9.17, 15) is 4.79 Å². The molecule has 0 bridgehead atoms. The number of hydrogen-bond donors (Lipinski definition) is 0. The minimum absolute atomic E-state index is 0.0578. The lowest BCUT2D eigenvalue weighted by Gasteiger charge is -2.37. The van der Waals surface area contributed by atoms with Crippen LogP contribution in [0.25, 0.3) is 0 Å². The molecule has 0 N–H and O–H groups in total. The van der Waals surface area contributed by atoms with E-state index in [1.807, 2.05) is 59.6 Å². The van der Waals surface area contributed by atoms with Crippen molar-refractivity contribution in [1.29, 1.82) is 0 Å².